The average molecular weight is 564 g/mol. The van der Waals surface area contributed by atoms with Crippen molar-refractivity contribution in [2.45, 2.75) is 51.1 Å². The Labute approximate surface area is 193 Å². The normalized spacial score (nSPS) is 19.1. The van der Waals surface area contributed by atoms with E-state index in [1.807, 2.05) is 0 Å². The highest BCUT2D eigenvalue weighted by Crippen LogP contribution is 2.22. The van der Waals surface area contributed by atoms with E-state index in [4.69, 9.17) is 0 Å². The molecular formula is C20H31BrIN5O. The van der Waals surface area contributed by atoms with Crippen LogP contribution in [-0.4, -0.2) is 50.1 Å². The van der Waals surface area contributed by atoms with Crippen LogP contribution in [-0.2, 0) is 4.79 Å². The molecule has 0 bridgehead atoms. The van der Waals surface area contributed by atoms with Crippen LogP contribution in [0.25, 0.3) is 0 Å². The summed E-state index contributed by atoms with van der Waals surface area (Å²) in [6.45, 7) is 5.58. The Balaban J connectivity index is 0.00000280. The minimum absolute atomic E-state index is 0. The molecule has 3 rings (SSSR count). The lowest BCUT2D eigenvalue weighted by molar-refractivity contribution is -0.121. The van der Waals surface area contributed by atoms with E-state index in [9.17, 15) is 4.79 Å². The molecule has 1 unspecified atom stereocenters. The second kappa shape index (κ2) is 11.8. The van der Waals surface area contributed by atoms with Gasteiger partial charge in [-0.2, -0.15) is 0 Å². The first-order valence-electron chi connectivity index (χ1n) is 9.98. The van der Waals surface area contributed by atoms with Crippen molar-refractivity contribution < 1.29 is 4.79 Å². The molecule has 3 N–H and O–H groups in total. The molecule has 1 saturated carbocycles. The fraction of sp³-hybridized carbons (Fsp3) is 0.600. The second-order valence-electron chi connectivity index (χ2n) is 7.26. The van der Waals surface area contributed by atoms with Gasteiger partial charge in [-0.3, -0.25) is 9.79 Å². The van der Waals surface area contributed by atoms with Gasteiger partial charge in [-0.05, 0) is 56.9 Å². The summed E-state index contributed by atoms with van der Waals surface area (Å²) in [7, 11) is 0. The molecule has 156 valence electrons. The van der Waals surface area contributed by atoms with Gasteiger partial charge >= 0.3 is 0 Å². The molecule has 2 aliphatic rings. The SMILES string of the molecule is CCNC(=NCCCC(=O)NC1CC1)NC1CCN(c2ccc(Br)cc2)C1.I. The Hall–Kier alpha value is -1.03. The molecule has 1 aliphatic carbocycles. The highest BCUT2D eigenvalue weighted by molar-refractivity contribution is 14.0. The fourth-order valence-corrected chi connectivity index (χ4v) is 3.50. The molecule has 1 aromatic rings. The van der Waals surface area contributed by atoms with Gasteiger partial charge < -0.3 is 20.9 Å². The summed E-state index contributed by atoms with van der Waals surface area (Å²) in [4.78, 5) is 18.8. The van der Waals surface area contributed by atoms with Crippen LogP contribution in [0.2, 0.25) is 0 Å². The molecule has 2 fully saturated rings. The van der Waals surface area contributed by atoms with Crippen molar-refractivity contribution in [1.29, 1.82) is 0 Å². The maximum atomic E-state index is 11.7. The monoisotopic (exact) mass is 563 g/mol. The van der Waals surface area contributed by atoms with Crippen LogP contribution in [0.1, 0.15) is 39.0 Å². The van der Waals surface area contributed by atoms with E-state index in [1.54, 1.807) is 0 Å². The van der Waals surface area contributed by atoms with Gasteiger partial charge in [0.15, 0.2) is 5.96 Å². The topological polar surface area (TPSA) is 68.8 Å². The lowest BCUT2D eigenvalue weighted by Crippen LogP contribution is -2.44. The molecule has 8 heteroatoms. The highest BCUT2D eigenvalue weighted by atomic mass is 127. The number of carbonyl (C=O) groups excluding carboxylic acids is 1. The third kappa shape index (κ3) is 7.77. The van der Waals surface area contributed by atoms with Gasteiger partial charge in [0.1, 0.15) is 0 Å². The predicted octanol–water partition coefficient (Wildman–Crippen LogP) is 3.26. The molecular weight excluding hydrogens is 533 g/mol. The second-order valence-corrected chi connectivity index (χ2v) is 8.17. The zero-order valence-corrected chi connectivity index (χ0v) is 20.3. The van der Waals surface area contributed by atoms with Gasteiger partial charge in [0.25, 0.3) is 0 Å². The van der Waals surface area contributed by atoms with E-state index < -0.39 is 0 Å². The highest BCUT2D eigenvalue weighted by Gasteiger charge is 2.24. The molecule has 1 atom stereocenters. The van der Waals surface area contributed by atoms with Crippen molar-refractivity contribution in [2.75, 3.05) is 31.1 Å². The number of aliphatic imine (C=N–C) groups is 1. The van der Waals surface area contributed by atoms with Crippen LogP contribution in [0, 0.1) is 0 Å². The average Bonchev–Trinajstić information content (AvgIpc) is 3.34. The number of nitrogens with one attached hydrogen (secondary N) is 3. The summed E-state index contributed by atoms with van der Waals surface area (Å²) in [6, 6.07) is 9.29. The first kappa shape index (κ1) is 23.3. The summed E-state index contributed by atoms with van der Waals surface area (Å²) in [5, 5.41) is 9.88. The standard InChI is InChI=1S/C20H30BrN5O.HI/c1-2-22-20(23-12-3-4-19(27)24-16-7-8-16)25-17-11-13-26(14-17)18-9-5-15(21)6-10-18;/h5-6,9-10,16-17H,2-4,7-8,11-14H2,1H3,(H,24,27)(H2,22,23,25);1H. The van der Waals surface area contributed by atoms with E-state index in [2.05, 4.69) is 73.0 Å². The fourth-order valence-electron chi connectivity index (χ4n) is 3.24. The van der Waals surface area contributed by atoms with Crippen molar-refractivity contribution in [2.24, 2.45) is 4.99 Å². The smallest absolute Gasteiger partial charge is 0.220 e. The molecule has 1 aliphatic heterocycles. The minimum atomic E-state index is 0. The van der Waals surface area contributed by atoms with E-state index in [0.29, 0.717) is 25.0 Å². The minimum Gasteiger partial charge on any atom is -0.369 e. The van der Waals surface area contributed by atoms with Crippen molar-refractivity contribution in [3.05, 3.63) is 28.7 Å². The molecule has 1 heterocycles. The molecule has 6 nitrogen and oxygen atoms in total. The lowest BCUT2D eigenvalue weighted by atomic mass is 10.2. The number of halogens is 2. The quantitative estimate of drug-likeness (QED) is 0.197. The summed E-state index contributed by atoms with van der Waals surface area (Å²) in [6.07, 6.45) is 4.70. The van der Waals surface area contributed by atoms with Crippen molar-refractivity contribution in [3.63, 3.8) is 0 Å². The van der Waals surface area contributed by atoms with Gasteiger partial charge in [0, 0.05) is 54.8 Å². The molecule has 28 heavy (non-hydrogen) atoms. The van der Waals surface area contributed by atoms with Gasteiger partial charge in [-0.15, -0.1) is 24.0 Å². The Morgan fingerprint density at radius 1 is 1.18 bits per heavy atom. The first-order chi connectivity index (χ1) is 13.1. The Morgan fingerprint density at radius 2 is 1.93 bits per heavy atom. The Bertz CT molecular complexity index is 651. The van der Waals surface area contributed by atoms with Gasteiger partial charge in [-0.25, -0.2) is 0 Å². The van der Waals surface area contributed by atoms with E-state index >= 15 is 0 Å². The van der Waals surface area contributed by atoms with Crippen molar-refractivity contribution >= 4 is 57.5 Å². The van der Waals surface area contributed by atoms with Gasteiger partial charge in [-0.1, -0.05) is 15.9 Å². The number of anilines is 1. The van der Waals surface area contributed by atoms with Gasteiger partial charge in [0.2, 0.25) is 5.91 Å². The number of benzene rings is 1. The predicted molar refractivity (Wildman–Crippen MR) is 130 cm³/mol. The maximum Gasteiger partial charge on any atom is 0.220 e. The number of rotatable bonds is 8. The van der Waals surface area contributed by atoms with Crippen molar-refractivity contribution in [3.8, 4) is 0 Å². The lowest BCUT2D eigenvalue weighted by Gasteiger charge is -2.20. The summed E-state index contributed by atoms with van der Waals surface area (Å²) in [5.41, 5.74) is 1.26. The first-order valence-corrected chi connectivity index (χ1v) is 10.8. The van der Waals surface area contributed by atoms with Crippen molar-refractivity contribution in [1.82, 2.24) is 16.0 Å². The van der Waals surface area contributed by atoms with Crippen LogP contribution in [0.15, 0.2) is 33.7 Å². The van der Waals surface area contributed by atoms with Crippen LogP contribution in [0.4, 0.5) is 5.69 Å². The Kier molecular flexibility index (Phi) is 9.84. The van der Waals surface area contributed by atoms with Crippen LogP contribution >= 0.6 is 39.9 Å². The number of carbonyl (C=O) groups is 1. The zero-order valence-electron chi connectivity index (χ0n) is 16.4. The third-order valence-electron chi connectivity index (χ3n) is 4.84. The van der Waals surface area contributed by atoms with E-state index in [1.165, 1.54) is 5.69 Å². The molecule has 0 spiro atoms. The number of nitrogens with zero attached hydrogens (tertiary/aromatic N) is 2. The number of amides is 1. The summed E-state index contributed by atoms with van der Waals surface area (Å²) < 4.78 is 1.10. The number of hydrogen-bond donors (Lipinski definition) is 3. The Morgan fingerprint density at radius 3 is 2.61 bits per heavy atom. The summed E-state index contributed by atoms with van der Waals surface area (Å²) in [5.74, 6) is 1.01. The molecule has 1 amide bonds. The molecule has 1 saturated heterocycles. The number of guanidine groups is 1. The largest absolute Gasteiger partial charge is 0.369 e. The third-order valence-corrected chi connectivity index (χ3v) is 5.37. The molecule has 0 aromatic heterocycles. The van der Waals surface area contributed by atoms with Crippen LogP contribution in [0.5, 0.6) is 0 Å². The van der Waals surface area contributed by atoms with Crippen LogP contribution in [0.3, 0.4) is 0 Å². The van der Waals surface area contributed by atoms with E-state index in [-0.39, 0.29) is 29.9 Å². The summed E-state index contributed by atoms with van der Waals surface area (Å²) >= 11 is 3.49. The van der Waals surface area contributed by atoms with Crippen LogP contribution < -0.4 is 20.9 Å². The maximum absolute atomic E-state index is 11.7. The molecule has 1 aromatic carbocycles. The van der Waals surface area contributed by atoms with Gasteiger partial charge in [0.05, 0.1) is 0 Å². The zero-order chi connectivity index (χ0) is 19.1. The molecule has 0 radical (unpaired) electrons. The van der Waals surface area contributed by atoms with E-state index in [0.717, 1.165) is 55.7 Å². The number of hydrogen-bond acceptors (Lipinski definition) is 3.